The van der Waals surface area contributed by atoms with Crippen molar-refractivity contribution in [2.24, 2.45) is 7.05 Å². The van der Waals surface area contributed by atoms with Gasteiger partial charge in [-0.3, -0.25) is 14.2 Å². The van der Waals surface area contributed by atoms with Crippen LogP contribution in [0.15, 0.2) is 43.2 Å². The van der Waals surface area contributed by atoms with E-state index in [0.29, 0.717) is 19.1 Å². The number of carbonyl (C=O) groups excluding carboxylic acids is 1. The van der Waals surface area contributed by atoms with Crippen molar-refractivity contribution in [3.8, 4) is 17.1 Å². The molecule has 0 unspecified atom stereocenters. The highest BCUT2D eigenvalue weighted by atomic mass is 16.5. The van der Waals surface area contributed by atoms with Crippen LogP contribution in [0, 0.1) is 0 Å². The number of ether oxygens (including phenoxy) is 1. The lowest BCUT2D eigenvalue weighted by Gasteiger charge is -2.31. The van der Waals surface area contributed by atoms with Crippen LogP contribution in [0.2, 0.25) is 0 Å². The topological polar surface area (TPSA) is 91.0 Å². The number of nitrogens with zero attached hydrogens (tertiary/aromatic N) is 7. The molecule has 0 spiro atoms. The summed E-state index contributed by atoms with van der Waals surface area (Å²) in [5.41, 5.74) is 1.86. The second-order valence-electron chi connectivity index (χ2n) is 6.56. The van der Waals surface area contributed by atoms with E-state index >= 15 is 0 Å². The quantitative estimate of drug-likeness (QED) is 0.672. The van der Waals surface area contributed by atoms with E-state index in [-0.39, 0.29) is 18.6 Å². The number of carbonyl (C=O) groups is 1. The second-order valence-corrected chi connectivity index (χ2v) is 6.56. The van der Waals surface area contributed by atoms with E-state index in [1.807, 2.05) is 24.2 Å². The third kappa shape index (κ3) is 4.13. The Kier molecular flexibility index (Phi) is 4.82. The average molecular weight is 367 g/mol. The molecule has 9 heteroatoms. The lowest BCUT2D eigenvalue weighted by atomic mass is 10.1. The lowest BCUT2D eigenvalue weighted by Crippen LogP contribution is -2.43. The number of aryl methyl sites for hydroxylation is 1. The van der Waals surface area contributed by atoms with E-state index in [2.05, 4.69) is 20.2 Å². The molecule has 27 heavy (non-hydrogen) atoms. The summed E-state index contributed by atoms with van der Waals surface area (Å²) in [5, 5.41) is 8.22. The first-order valence-electron chi connectivity index (χ1n) is 8.90. The summed E-state index contributed by atoms with van der Waals surface area (Å²) < 4.78 is 9.27. The molecule has 4 rings (SSSR count). The minimum atomic E-state index is 0.0167. The first-order valence-corrected chi connectivity index (χ1v) is 8.90. The zero-order valence-corrected chi connectivity index (χ0v) is 15.1. The van der Waals surface area contributed by atoms with Gasteiger partial charge in [-0.2, -0.15) is 10.2 Å². The van der Waals surface area contributed by atoms with Crippen LogP contribution >= 0.6 is 0 Å². The highest BCUT2D eigenvalue weighted by molar-refractivity contribution is 5.76. The lowest BCUT2D eigenvalue weighted by molar-refractivity contribution is -0.133. The number of likely N-dealkylation sites (tertiary alicyclic amines) is 1. The molecule has 0 N–H and O–H groups in total. The Labute approximate surface area is 156 Å². The van der Waals surface area contributed by atoms with Gasteiger partial charge in [-0.15, -0.1) is 0 Å². The van der Waals surface area contributed by atoms with Crippen molar-refractivity contribution in [1.82, 2.24) is 34.4 Å². The average Bonchev–Trinajstić information content (AvgIpc) is 3.35. The van der Waals surface area contributed by atoms with Gasteiger partial charge in [0, 0.05) is 75.1 Å². The minimum Gasteiger partial charge on any atom is -0.460 e. The molecule has 1 fully saturated rings. The highest BCUT2D eigenvalue weighted by Gasteiger charge is 2.24. The highest BCUT2D eigenvalue weighted by Crippen LogP contribution is 2.20. The Hall–Kier alpha value is -3.23. The predicted molar refractivity (Wildman–Crippen MR) is 96.7 cm³/mol. The molecule has 9 nitrogen and oxygen atoms in total. The van der Waals surface area contributed by atoms with Crippen LogP contribution in [-0.4, -0.2) is 59.5 Å². The number of amides is 1. The van der Waals surface area contributed by atoms with Crippen molar-refractivity contribution in [1.29, 1.82) is 0 Å². The van der Waals surface area contributed by atoms with Crippen LogP contribution in [0.1, 0.15) is 12.8 Å². The molecule has 0 atom stereocenters. The summed E-state index contributed by atoms with van der Waals surface area (Å²) in [4.78, 5) is 22.8. The number of hydrogen-bond acceptors (Lipinski definition) is 6. The molecule has 0 radical (unpaired) electrons. The molecule has 0 saturated carbocycles. The molecule has 0 aliphatic carbocycles. The van der Waals surface area contributed by atoms with Crippen LogP contribution < -0.4 is 4.74 Å². The standard InChI is InChI=1S/C18H21N7O2/c1-23-12-15(11-22-23)14-9-19-18(20-10-14)27-16-3-7-24(8-4-16)17(26)13-25-6-2-5-21-25/h2,5-6,9-12,16H,3-4,7-8,13H2,1H3. The van der Waals surface area contributed by atoms with Crippen LogP contribution in [-0.2, 0) is 18.4 Å². The van der Waals surface area contributed by atoms with Crippen molar-refractivity contribution in [2.45, 2.75) is 25.5 Å². The maximum absolute atomic E-state index is 12.3. The van der Waals surface area contributed by atoms with Gasteiger partial charge in [-0.05, 0) is 6.07 Å². The molecule has 0 bridgehead atoms. The molecular weight excluding hydrogens is 346 g/mol. The minimum absolute atomic E-state index is 0.0167. The number of aromatic nitrogens is 6. The van der Waals surface area contributed by atoms with Gasteiger partial charge in [0.1, 0.15) is 12.6 Å². The zero-order valence-electron chi connectivity index (χ0n) is 15.1. The van der Waals surface area contributed by atoms with Gasteiger partial charge in [-0.1, -0.05) is 0 Å². The SMILES string of the molecule is Cn1cc(-c2cnc(OC3CCN(C(=O)Cn4cccn4)CC3)nc2)cn1. The summed E-state index contributed by atoms with van der Waals surface area (Å²) in [5.74, 6) is 0.0780. The van der Waals surface area contributed by atoms with Crippen molar-refractivity contribution in [3.05, 3.63) is 43.2 Å². The van der Waals surface area contributed by atoms with E-state index in [1.165, 1.54) is 0 Å². The molecule has 140 valence electrons. The molecule has 0 aromatic carbocycles. The predicted octanol–water partition coefficient (Wildman–Crippen LogP) is 1.14. The fourth-order valence-electron chi connectivity index (χ4n) is 3.10. The van der Waals surface area contributed by atoms with Gasteiger partial charge in [0.15, 0.2) is 0 Å². The third-order valence-electron chi connectivity index (χ3n) is 4.59. The molecule has 1 amide bonds. The van der Waals surface area contributed by atoms with E-state index in [0.717, 1.165) is 24.0 Å². The zero-order chi connectivity index (χ0) is 18.6. The number of piperidine rings is 1. The van der Waals surface area contributed by atoms with Crippen molar-refractivity contribution >= 4 is 5.91 Å². The van der Waals surface area contributed by atoms with Crippen LogP contribution in [0.3, 0.4) is 0 Å². The maximum Gasteiger partial charge on any atom is 0.316 e. The second kappa shape index (κ2) is 7.56. The van der Waals surface area contributed by atoms with Gasteiger partial charge >= 0.3 is 6.01 Å². The normalized spacial score (nSPS) is 15.1. The summed E-state index contributed by atoms with van der Waals surface area (Å²) in [7, 11) is 1.87. The molecule has 3 aromatic rings. The van der Waals surface area contributed by atoms with Crippen LogP contribution in [0.25, 0.3) is 11.1 Å². The molecule has 1 aliphatic heterocycles. The molecule has 1 aliphatic rings. The van der Waals surface area contributed by atoms with Gasteiger partial charge in [0.2, 0.25) is 5.91 Å². The van der Waals surface area contributed by atoms with Gasteiger partial charge in [0.25, 0.3) is 0 Å². The monoisotopic (exact) mass is 367 g/mol. The summed E-state index contributed by atoms with van der Waals surface area (Å²) in [6.07, 6.45) is 12.2. The third-order valence-corrected chi connectivity index (χ3v) is 4.59. The van der Waals surface area contributed by atoms with Crippen LogP contribution in [0.4, 0.5) is 0 Å². The summed E-state index contributed by atoms with van der Waals surface area (Å²) in [6, 6.07) is 2.18. The fraction of sp³-hybridized carbons (Fsp3) is 0.389. The molecule has 1 saturated heterocycles. The van der Waals surface area contributed by atoms with Gasteiger partial charge in [-0.25, -0.2) is 9.97 Å². The van der Waals surface area contributed by atoms with Gasteiger partial charge < -0.3 is 9.64 Å². The smallest absolute Gasteiger partial charge is 0.316 e. The van der Waals surface area contributed by atoms with Crippen molar-refractivity contribution < 1.29 is 9.53 Å². The Morgan fingerprint density at radius 2 is 1.93 bits per heavy atom. The largest absolute Gasteiger partial charge is 0.460 e. The Morgan fingerprint density at radius 1 is 1.15 bits per heavy atom. The number of rotatable bonds is 5. The first-order chi connectivity index (χ1) is 13.2. The van der Waals surface area contributed by atoms with E-state index in [4.69, 9.17) is 4.74 Å². The van der Waals surface area contributed by atoms with E-state index < -0.39 is 0 Å². The van der Waals surface area contributed by atoms with Crippen molar-refractivity contribution in [3.63, 3.8) is 0 Å². The van der Waals surface area contributed by atoms with Crippen LogP contribution in [0.5, 0.6) is 6.01 Å². The Morgan fingerprint density at radius 3 is 2.56 bits per heavy atom. The van der Waals surface area contributed by atoms with Crippen molar-refractivity contribution in [2.75, 3.05) is 13.1 Å². The Bertz CT molecular complexity index is 881. The fourth-order valence-corrected chi connectivity index (χ4v) is 3.10. The Balaban J connectivity index is 1.28. The first kappa shape index (κ1) is 17.2. The summed E-state index contributed by atoms with van der Waals surface area (Å²) >= 11 is 0. The van der Waals surface area contributed by atoms with E-state index in [1.54, 1.807) is 40.3 Å². The van der Waals surface area contributed by atoms with Gasteiger partial charge in [0.05, 0.1) is 6.20 Å². The molecule has 3 aromatic heterocycles. The maximum atomic E-state index is 12.3. The molecule has 4 heterocycles. The van der Waals surface area contributed by atoms with E-state index in [9.17, 15) is 4.79 Å². The summed E-state index contributed by atoms with van der Waals surface area (Å²) in [6.45, 7) is 1.61. The number of hydrogen-bond donors (Lipinski definition) is 0. The molecular formula is C18H21N7O2.